The second-order valence-electron chi connectivity index (χ2n) is 4.82. The monoisotopic (exact) mass is 247 g/mol. The first-order valence-electron chi connectivity index (χ1n) is 6.45. The predicted octanol–water partition coefficient (Wildman–Crippen LogP) is 0.850. The van der Waals surface area contributed by atoms with Crippen molar-refractivity contribution < 1.29 is 4.79 Å². The molecule has 1 aliphatic heterocycles. The molecule has 2 rings (SSSR count). The van der Waals surface area contributed by atoms with Crippen LogP contribution in [0.5, 0.6) is 0 Å². The summed E-state index contributed by atoms with van der Waals surface area (Å²) >= 11 is 0. The van der Waals surface area contributed by atoms with Crippen molar-refractivity contribution in [3.63, 3.8) is 0 Å². The lowest BCUT2D eigenvalue weighted by molar-refractivity contribution is -0.130. The Kier molecular flexibility index (Phi) is 4.33. The van der Waals surface area contributed by atoms with Crippen LogP contribution in [0.1, 0.15) is 18.5 Å². The Hall–Kier alpha value is -1.39. The van der Waals surface area contributed by atoms with Gasteiger partial charge in [0.05, 0.1) is 0 Å². The van der Waals surface area contributed by atoms with Gasteiger partial charge >= 0.3 is 0 Å². The first-order chi connectivity index (χ1) is 8.66. The van der Waals surface area contributed by atoms with Crippen molar-refractivity contribution in [3.05, 3.63) is 35.9 Å². The van der Waals surface area contributed by atoms with Crippen LogP contribution in [0, 0.1) is 0 Å². The second kappa shape index (κ2) is 5.98. The van der Waals surface area contributed by atoms with Gasteiger partial charge in [0.25, 0.3) is 0 Å². The predicted molar refractivity (Wildman–Crippen MR) is 72.1 cm³/mol. The number of hydrogen-bond donors (Lipinski definition) is 1. The topological polar surface area (TPSA) is 49.6 Å². The first-order valence-corrected chi connectivity index (χ1v) is 6.45. The van der Waals surface area contributed by atoms with E-state index >= 15 is 0 Å². The van der Waals surface area contributed by atoms with Gasteiger partial charge in [0.2, 0.25) is 5.91 Å². The summed E-state index contributed by atoms with van der Waals surface area (Å²) in [4.78, 5) is 15.5. The van der Waals surface area contributed by atoms with Crippen molar-refractivity contribution in [3.8, 4) is 0 Å². The van der Waals surface area contributed by atoms with Crippen molar-refractivity contribution >= 4 is 5.91 Å². The maximum absolute atomic E-state index is 11.2. The Bertz CT molecular complexity index is 385. The molecule has 4 heteroatoms. The highest BCUT2D eigenvalue weighted by Crippen LogP contribution is 2.12. The molecular weight excluding hydrogens is 226 g/mol. The number of hydrogen-bond acceptors (Lipinski definition) is 3. The van der Waals surface area contributed by atoms with Gasteiger partial charge in [-0.15, -0.1) is 0 Å². The van der Waals surface area contributed by atoms with Gasteiger partial charge in [0.15, 0.2) is 0 Å². The van der Waals surface area contributed by atoms with Gasteiger partial charge in [-0.25, -0.2) is 0 Å². The third-order valence-electron chi connectivity index (χ3n) is 3.50. The zero-order chi connectivity index (χ0) is 13.0. The molecule has 18 heavy (non-hydrogen) atoms. The summed E-state index contributed by atoms with van der Waals surface area (Å²) in [5, 5.41) is 0. The number of nitrogens with zero attached hydrogens (tertiary/aromatic N) is 2. The molecule has 98 valence electrons. The van der Waals surface area contributed by atoms with Crippen molar-refractivity contribution in [1.29, 1.82) is 0 Å². The minimum absolute atomic E-state index is 0.0510. The highest BCUT2D eigenvalue weighted by atomic mass is 16.2. The summed E-state index contributed by atoms with van der Waals surface area (Å²) in [5.74, 6) is 0.169. The number of piperazine rings is 1. The average Bonchev–Trinajstić information content (AvgIpc) is 2.40. The molecule has 1 heterocycles. The van der Waals surface area contributed by atoms with Crippen molar-refractivity contribution in [2.45, 2.75) is 13.0 Å². The Morgan fingerprint density at radius 1 is 1.22 bits per heavy atom. The number of carbonyl (C=O) groups excluding carboxylic acids is 1. The molecule has 1 unspecified atom stereocenters. The van der Waals surface area contributed by atoms with E-state index in [0.29, 0.717) is 0 Å². The van der Waals surface area contributed by atoms with Gasteiger partial charge in [-0.3, -0.25) is 9.69 Å². The summed E-state index contributed by atoms with van der Waals surface area (Å²) in [6, 6.07) is 10.2. The number of rotatable bonds is 3. The SMILES string of the molecule is CC(=O)N1CCN(CC(N)c2ccccc2)CC1. The van der Waals surface area contributed by atoms with Gasteiger partial charge in [-0.05, 0) is 5.56 Å². The molecule has 0 spiro atoms. The largest absolute Gasteiger partial charge is 0.340 e. The lowest BCUT2D eigenvalue weighted by Gasteiger charge is -2.35. The quantitative estimate of drug-likeness (QED) is 0.861. The number of nitrogens with two attached hydrogens (primary N) is 1. The fourth-order valence-corrected chi connectivity index (χ4v) is 2.33. The van der Waals surface area contributed by atoms with E-state index in [4.69, 9.17) is 5.73 Å². The Morgan fingerprint density at radius 3 is 2.39 bits per heavy atom. The molecule has 2 N–H and O–H groups in total. The third kappa shape index (κ3) is 3.31. The van der Waals surface area contributed by atoms with E-state index in [0.717, 1.165) is 32.7 Å². The van der Waals surface area contributed by atoms with Crippen LogP contribution in [-0.2, 0) is 4.79 Å². The Morgan fingerprint density at radius 2 is 1.83 bits per heavy atom. The van der Waals surface area contributed by atoms with E-state index in [1.165, 1.54) is 5.56 Å². The van der Waals surface area contributed by atoms with E-state index < -0.39 is 0 Å². The number of carbonyl (C=O) groups is 1. The molecule has 1 aromatic carbocycles. The van der Waals surface area contributed by atoms with Crippen LogP contribution in [0.2, 0.25) is 0 Å². The highest BCUT2D eigenvalue weighted by Gasteiger charge is 2.20. The molecular formula is C14H21N3O. The van der Waals surface area contributed by atoms with Gasteiger partial charge in [-0.1, -0.05) is 30.3 Å². The van der Waals surface area contributed by atoms with Crippen molar-refractivity contribution in [2.75, 3.05) is 32.7 Å². The van der Waals surface area contributed by atoms with E-state index in [-0.39, 0.29) is 11.9 Å². The molecule has 1 saturated heterocycles. The summed E-state index contributed by atoms with van der Waals surface area (Å²) in [5.41, 5.74) is 7.37. The molecule has 4 nitrogen and oxygen atoms in total. The Labute approximate surface area is 108 Å². The lowest BCUT2D eigenvalue weighted by Crippen LogP contribution is -2.49. The maximum Gasteiger partial charge on any atom is 0.219 e. The summed E-state index contributed by atoms with van der Waals surface area (Å²) in [6.07, 6.45) is 0. The highest BCUT2D eigenvalue weighted by molar-refractivity contribution is 5.73. The average molecular weight is 247 g/mol. The molecule has 1 atom stereocenters. The van der Waals surface area contributed by atoms with Gasteiger partial charge in [-0.2, -0.15) is 0 Å². The zero-order valence-electron chi connectivity index (χ0n) is 10.9. The van der Waals surface area contributed by atoms with E-state index in [1.54, 1.807) is 6.92 Å². The van der Waals surface area contributed by atoms with Crippen LogP contribution in [0.4, 0.5) is 0 Å². The van der Waals surface area contributed by atoms with Gasteiger partial charge in [0, 0.05) is 45.7 Å². The number of benzene rings is 1. The fraction of sp³-hybridized carbons (Fsp3) is 0.500. The fourth-order valence-electron chi connectivity index (χ4n) is 2.33. The molecule has 1 amide bonds. The summed E-state index contributed by atoms with van der Waals surface area (Å²) < 4.78 is 0. The molecule has 0 aliphatic carbocycles. The summed E-state index contributed by atoms with van der Waals surface area (Å²) in [7, 11) is 0. The van der Waals surface area contributed by atoms with Crippen LogP contribution in [0.15, 0.2) is 30.3 Å². The third-order valence-corrected chi connectivity index (χ3v) is 3.50. The molecule has 0 radical (unpaired) electrons. The van der Waals surface area contributed by atoms with E-state index in [9.17, 15) is 4.79 Å². The van der Waals surface area contributed by atoms with Crippen molar-refractivity contribution in [1.82, 2.24) is 9.80 Å². The van der Waals surface area contributed by atoms with Crippen LogP contribution < -0.4 is 5.73 Å². The standard InChI is InChI=1S/C14H21N3O/c1-12(18)17-9-7-16(8-10-17)11-14(15)13-5-3-2-4-6-13/h2-6,14H,7-11,15H2,1H3. The molecule has 0 bridgehead atoms. The first kappa shape index (κ1) is 13.1. The molecule has 1 aromatic rings. The van der Waals surface area contributed by atoms with E-state index in [2.05, 4.69) is 17.0 Å². The second-order valence-corrected chi connectivity index (χ2v) is 4.82. The zero-order valence-corrected chi connectivity index (χ0v) is 10.9. The van der Waals surface area contributed by atoms with Crippen molar-refractivity contribution in [2.24, 2.45) is 5.73 Å². The maximum atomic E-state index is 11.2. The smallest absolute Gasteiger partial charge is 0.219 e. The van der Waals surface area contributed by atoms with Crippen LogP contribution >= 0.6 is 0 Å². The minimum Gasteiger partial charge on any atom is -0.340 e. The lowest BCUT2D eigenvalue weighted by atomic mass is 10.1. The van der Waals surface area contributed by atoms with Gasteiger partial charge < -0.3 is 10.6 Å². The molecule has 1 aliphatic rings. The van der Waals surface area contributed by atoms with Crippen LogP contribution in [0.25, 0.3) is 0 Å². The Balaban J connectivity index is 1.83. The van der Waals surface area contributed by atoms with E-state index in [1.807, 2.05) is 23.1 Å². The van der Waals surface area contributed by atoms with Gasteiger partial charge in [0.1, 0.15) is 0 Å². The molecule has 0 aromatic heterocycles. The van der Waals surface area contributed by atoms with Crippen LogP contribution in [-0.4, -0.2) is 48.4 Å². The summed E-state index contributed by atoms with van der Waals surface area (Å²) in [6.45, 7) is 5.95. The number of amides is 1. The minimum atomic E-state index is 0.0510. The normalized spacial score (nSPS) is 18.7. The van der Waals surface area contributed by atoms with Crippen LogP contribution in [0.3, 0.4) is 0 Å². The molecule has 1 fully saturated rings. The molecule has 0 saturated carbocycles.